The second kappa shape index (κ2) is 9.98. The third-order valence-electron chi connectivity index (χ3n) is 8.32. The highest BCUT2D eigenvalue weighted by Gasteiger charge is 2.52. The van der Waals surface area contributed by atoms with Crippen LogP contribution in [0, 0.1) is 18.3 Å². The van der Waals surface area contributed by atoms with Crippen LogP contribution in [-0.4, -0.2) is 10.1 Å². The Bertz CT molecular complexity index is 1030. The van der Waals surface area contributed by atoms with Gasteiger partial charge >= 0.3 is 0 Å². The van der Waals surface area contributed by atoms with Crippen LogP contribution in [0.5, 0.6) is 0 Å². The standard InChI is InChI=1S/C27H35NO2.C5H12/c1-16(2)24-22-23(21-19(28-24)14-26(4,5)15-20(21)29)27(12-6-7-13-27)30-25(22)18-10-8-17(3)9-11-18;1-4-5(2)3/h8-11,16,20,25,29H,6-7,12-15H2,1-5H3;5H,4H2,1-3H3. The van der Waals surface area contributed by atoms with E-state index in [1.165, 1.54) is 47.2 Å². The highest BCUT2D eigenvalue weighted by Crippen LogP contribution is 2.59. The van der Waals surface area contributed by atoms with Crippen LogP contribution in [-0.2, 0) is 16.8 Å². The average molecular weight is 478 g/mol. The molecule has 0 bridgehead atoms. The van der Waals surface area contributed by atoms with Gasteiger partial charge in [0.2, 0.25) is 0 Å². The number of hydrogen-bond acceptors (Lipinski definition) is 3. The Hall–Kier alpha value is -1.71. The molecular formula is C32H47NO2. The number of fused-ring (bicyclic) bond motifs is 4. The molecule has 1 spiro atoms. The summed E-state index contributed by atoms with van der Waals surface area (Å²) in [5, 5.41) is 11.3. The zero-order chi connectivity index (χ0) is 25.5. The van der Waals surface area contributed by atoms with Crippen molar-refractivity contribution in [2.75, 3.05) is 0 Å². The van der Waals surface area contributed by atoms with Gasteiger partial charge in [-0.15, -0.1) is 0 Å². The average Bonchev–Trinajstić information content (AvgIpc) is 3.38. The first kappa shape index (κ1) is 26.4. The SMILES string of the molecule is CCC(C)C.Cc1ccc(C2OC3(CCCC3)c3c4c(nc(C(C)C)c32)CC(C)(C)CC4O)cc1. The van der Waals surface area contributed by atoms with E-state index in [9.17, 15) is 5.11 Å². The summed E-state index contributed by atoms with van der Waals surface area (Å²) in [6.07, 6.45) is 6.96. The molecule has 3 aliphatic rings. The molecule has 0 amide bonds. The molecule has 2 heterocycles. The summed E-state index contributed by atoms with van der Waals surface area (Å²) in [6.45, 7) is 17.8. The van der Waals surface area contributed by atoms with Crippen LogP contribution < -0.4 is 0 Å². The number of nitrogens with zero attached hydrogens (tertiary/aromatic N) is 1. The molecule has 1 fully saturated rings. The fourth-order valence-electron chi connectivity index (χ4n) is 6.16. The van der Waals surface area contributed by atoms with Crippen molar-refractivity contribution in [3.63, 3.8) is 0 Å². The second-order valence-corrected chi connectivity index (χ2v) is 12.8. The molecule has 2 unspecified atom stereocenters. The largest absolute Gasteiger partial charge is 0.388 e. The molecule has 0 radical (unpaired) electrons. The zero-order valence-corrected chi connectivity index (χ0v) is 23.4. The van der Waals surface area contributed by atoms with Crippen molar-refractivity contribution in [2.24, 2.45) is 11.3 Å². The van der Waals surface area contributed by atoms with Gasteiger partial charge in [0.05, 0.1) is 11.7 Å². The number of ether oxygens (including phenoxy) is 1. The Balaban J connectivity index is 0.000000527. The molecule has 1 saturated carbocycles. The lowest BCUT2D eigenvalue weighted by molar-refractivity contribution is -0.0580. The van der Waals surface area contributed by atoms with Crippen molar-refractivity contribution in [3.8, 4) is 0 Å². The minimum absolute atomic E-state index is 0.0700. The monoisotopic (exact) mass is 477 g/mol. The Morgan fingerprint density at radius 2 is 1.63 bits per heavy atom. The van der Waals surface area contributed by atoms with Gasteiger partial charge in [-0.05, 0) is 61.0 Å². The first-order chi connectivity index (χ1) is 16.5. The Morgan fingerprint density at radius 3 is 2.17 bits per heavy atom. The van der Waals surface area contributed by atoms with Gasteiger partial charge in [-0.2, -0.15) is 0 Å². The number of aromatic nitrogens is 1. The number of aryl methyl sites for hydroxylation is 1. The first-order valence-electron chi connectivity index (χ1n) is 14.0. The summed E-state index contributed by atoms with van der Waals surface area (Å²) in [5.41, 5.74) is 8.23. The molecule has 1 aromatic carbocycles. The molecule has 0 saturated heterocycles. The van der Waals surface area contributed by atoms with Gasteiger partial charge in [0.25, 0.3) is 0 Å². The summed E-state index contributed by atoms with van der Waals surface area (Å²) < 4.78 is 7.01. The van der Waals surface area contributed by atoms with Crippen LogP contribution >= 0.6 is 0 Å². The topological polar surface area (TPSA) is 42.4 Å². The van der Waals surface area contributed by atoms with Gasteiger partial charge in [0.15, 0.2) is 0 Å². The molecule has 3 heteroatoms. The molecule has 3 nitrogen and oxygen atoms in total. The molecule has 2 aliphatic carbocycles. The first-order valence-corrected chi connectivity index (χ1v) is 14.0. The summed E-state index contributed by atoms with van der Waals surface area (Å²) in [7, 11) is 0. The maximum Gasteiger partial charge on any atom is 0.111 e. The van der Waals surface area contributed by atoms with E-state index in [-0.39, 0.29) is 17.1 Å². The van der Waals surface area contributed by atoms with Crippen LogP contribution in [0.4, 0.5) is 0 Å². The fraction of sp³-hybridized carbons (Fsp3) is 0.656. The van der Waals surface area contributed by atoms with Crippen LogP contribution in [0.25, 0.3) is 0 Å². The van der Waals surface area contributed by atoms with Crippen molar-refractivity contribution in [1.82, 2.24) is 4.98 Å². The van der Waals surface area contributed by atoms with E-state index in [1.54, 1.807) is 0 Å². The van der Waals surface area contributed by atoms with E-state index in [0.29, 0.717) is 5.92 Å². The highest BCUT2D eigenvalue weighted by molar-refractivity contribution is 5.54. The van der Waals surface area contributed by atoms with Gasteiger partial charge in [-0.3, -0.25) is 4.98 Å². The fourth-order valence-corrected chi connectivity index (χ4v) is 6.16. The van der Waals surface area contributed by atoms with Crippen molar-refractivity contribution in [1.29, 1.82) is 0 Å². The number of benzene rings is 1. The van der Waals surface area contributed by atoms with E-state index in [0.717, 1.165) is 42.9 Å². The molecule has 1 aromatic heterocycles. The lowest BCUT2D eigenvalue weighted by atomic mass is 9.70. The second-order valence-electron chi connectivity index (χ2n) is 12.8. The van der Waals surface area contributed by atoms with E-state index >= 15 is 0 Å². The maximum atomic E-state index is 11.3. The number of aliphatic hydroxyl groups is 1. The van der Waals surface area contributed by atoms with Crippen molar-refractivity contribution in [2.45, 2.75) is 124 Å². The number of pyridine rings is 1. The third-order valence-corrected chi connectivity index (χ3v) is 8.32. The Morgan fingerprint density at radius 1 is 1.03 bits per heavy atom. The zero-order valence-electron chi connectivity index (χ0n) is 23.4. The summed E-state index contributed by atoms with van der Waals surface area (Å²) in [4.78, 5) is 5.24. The summed E-state index contributed by atoms with van der Waals surface area (Å²) >= 11 is 0. The number of rotatable bonds is 3. The quantitative estimate of drug-likeness (QED) is 0.482. The molecule has 5 rings (SSSR count). The molecular weight excluding hydrogens is 430 g/mol. The summed E-state index contributed by atoms with van der Waals surface area (Å²) in [6, 6.07) is 8.77. The highest BCUT2D eigenvalue weighted by atomic mass is 16.5. The van der Waals surface area contributed by atoms with E-state index < -0.39 is 6.10 Å². The predicted octanol–water partition coefficient (Wildman–Crippen LogP) is 8.46. The van der Waals surface area contributed by atoms with E-state index in [1.807, 2.05) is 0 Å². The smallest absolute Gasteiger partial charge is 0.111 e. The summed E-state index contributed by atoms with van der Waals surface area (Å²) in [5.74, 6) is 1.20. The van der Waals surface area contributed by atoms with Crippen molar-refractivity contribution < 1.29 is 9.84 Å². The molecule has 1 N–H and O–H groups in total. The van der Waals surface area contributed by atoms with Crippen LogP contribution in [0.1, 0.15) is 144 Å². The van der Waals surface area contributed by atoms with E-state index in [4.69, 9.17) is 9.72 Å². The lowest BCUT2D eigenvalue weighted by Gasteiger charge is -2.38. The van der Waals surface area contributed by atoms with Gasteiger partial charge in [-0.1, -0.05) is 97.6 Å². The lowest BCUT2D eigenvalue weighted by Crippen LogP contribution is -2.32. The molecule has 2 atom stereocenters. The van der Waals surface area contributed by atoms with Crippen LogP contribution in [0.2, 0.25) is 0 Å². The Labute approximate surface area is 213 Å². The van der Waals surface area contributed by atoms with Gasteiger partial charge in [0, 0.05) is 22.5 Å². The molecule has 1 aliphatic heterocycles. The van der Waals surface area contributed by atoms with Gasteiger partial charge in [-0.25, -0.2) is 0 Å². The normalized spacial score (nSPS) is 23.9. The van der Waals surface area contributed by atoms with Crippen molar-refractivity contribution in [3.05, 3.63) is 63.5 Å². The maximum absolute atomic E-state index is 11.3. The Kier molecular flexibility index (Phi) is 7.51. The van der Waals surface area contributed by atoms with Crippen molar-refractivity contribution >= 4 is 0 Å². The number of hydrogen-bond donors (Lipinski definition) is 1. The van der Waals surface area contributed by atoms with Gasteiger partial charge < -0.3 is 9.84 Å². The minimum atomic E-state index is -0.455. The van der Waals surface area contributed by atoms with Crippen LogP contribution in [0.3, 0.4) is 0 Å². The minimum Gasteiger partial charge on any atom is -0.388 e. The van der Waals surface area contributed by atoms with Gasteiger partial charge in [0.1, 0.15) is 6.10 Å². The predicted molar refractivity (Wildman–Crippen MR) is 145 cm³/mol. The van der Waals surface area contributed by atoms with E-state index in [2.05, 4.69) is 79.7 Å². The molecule has 2 aromatic rings. The van der Waals surface area contributed by atoms with Crippen LogP contribution in [0.15, 0.2) is 24.3 Å². The molecule has 35 heavy (non-hydrogen) atoms. The third kappa shape index (κ3) is 5.09. The number of aliphatic hydroxyl groups excluding tert-OH is 1. The molecule has 192 valence electrons.